The van der Waals surface area contributed by atoms with Crippen LogP contribution in [0.1, 0.15) is 51.6 Å². The summed E-state index contributed by atoms with van der Waals surface area (Å²) in [5, 5.41) is 0. The molecular weight excluding hydrogens is 488 g/mol. The maximum Gasteiger partial charge on any atom is 0.231 e. The second-order valence-electron chi connectivity index (χ2n) is 9.54. The van der Waals surface area contributed by atoms with E-state index in [-0.39, 0.29) is 30.4 Å². The van der Waals surface area contributed by atoms with Crippen LogP contribution < -0.4 is 9.47 Å². The first-order chi connectivity index (χ1) is 17.1. The van der Waals surface area contributed by atoms with E-state index in [0.717, 1.165) is 58.1 Å². The van der Waals surface area contributed by atoms with Crippen molar-refractivity contribution in [1.29, 1.82) is 0 Å². The van der Waals surface area contributed by atoms with Crippen molar-refractivity contribution < 1.29 is 31.4 Å². The van der Waals surface area contributed by atoms with Gasteiger partial charge in [-0.25, -0.2) is 0 Å². The minimum Gasteiger partial charge on any atom is -0.454 e. The van der Waals surface area contributed by atoms with E-state index >= 15 is 0 Å². The third-order valence-electron chi connectivity index (χ3n) is 7.18. The summed E-state index contributed by atoms with van der Waals surface area (Å²) < 4.78 is 16.2. The van der Waals surface area contributed by atoms with Crippen LogP contribution in [0.3, 0.4) is 0 Å². The molecule has 1 saturated carbocycles. The van der Waals surface area contributed by atoms with E-state index in [1.807, 2.05) is 42.5 Å². The fourth-order valence-corrected chi connectivity index (χ4v) is 5.03. The van der Waals surface area contributed by atoms with Gasteiger partial charge in [-0.3, -0.25) is 4.79 Å². The van der Waals surface area contributed by atoms with Crippen molar-refractivity contribution in [2.75, 3.05) is 13.4 Å². The number of hydrogen-bond acceptors (Lipinski definition) is 5. The lowest BCUT2D eigenvalue weighted by Crippen LogP contribution is -2.22. The van der Waals surface area contributed by atoms with Crippen molar-refractivity contribution in [1.82, 2.24) is 0 Å². The van der Waals surface area contributed by atoms with Crippen molar-refractivity contribution in [2.24, 2.45) is 0 Å². The lowest BCUT2D eigenvalue weighted by molar-refractivity contribution is -0.120. The highest BCUT2D eigenvalue weighted by atomic mass is 32.1. The Morgan fingerprint density at radius 2 is 1.73 bits per heavy atom. The van der Waals surface area contributed by atoms with Gasteiger partial charge in [-0.05, 0) is 78.6 Å². The van der Waals surface area contributed by atoms with Crippen LogP contribution >= 0.6 is 12.6 Å². The predicted molar refractivity (Wildman–Crippen MR) is 150 cm³/mol. The molecule has 0 bridgehead atoms. The molecule has 3 aromatic rings. The monoisotopic (exact) mass is 526 g/mol. The molecule has 2 heterocycles. The largest absolute Gasteiger partial charge is 0.454 e. The summed E-state index contributed by atoms with van der Waals surface area (Å²) in [5.74, 6) is 1.77. The van der Waals surface area contributed by atoms with Gasteiger partial charge in [0.05, 0.1) is 11.5 Å². The molecule has 200 valence electrons. The van der Waals surface area contributed by atoms with Crippen molar-refractivity contribution in [3.63, 3.8) is 0 Å². The third-order valence-corrected chi connectivity index (χ3v) is 7.48. The molecule has 0 radical (unpaired) electrons. The highest BCUT2D eigenvalue weighted by molar-refractivity contribution is 7.80. The Bertz CT molecular complexity index is 1190. The molecule has 6 nitrogen and oxygen atoms in total. The summed E-state index contributed by atoms with van der Waals surface area (Å²) in [5.41, 5.74) is 3.97. The Labute approximate surface area is 225 Å². The number of rotatable bonds is 6. The van der Waals surface area contributed by atoms with Gasteiger partial charge in [-0.2, -0.15) is 0 Å². The normalized spacial score (nSPS) is 18.1. The number of hydrogen-bond donors (Lipinski definition) is 1. The van der Waals surface area contributed by atoms with Crippen molar-refractivity contribution in [2.45, 2.75) is 61.9 Å². The number of benzene rings is 3. The number of fused-ring (bicyclic) bond motifs is 1. The molecule has 1 saturated heterocycles. The van der Waals surface area contributed by atoms with Crippen molar-refractivity contribution in [3.05, 3.63) is 77.9 Å². The predicted octanol–water partition coefficient (Wildman–Crippen LogP) is 5.39. The van der Waals surface area contributed by atoms with E-state index in [1.165, 1.54) is 19.3 Å². The number of ether oxygens (including phenoxy) is 3. The second-order valence-corrected chi connectivity index (χ2v) is 10.1. The van der Waals surface area contributed by atoms with Crippen LogP contribution in [0.25, 0.3) is 11.1 Å². The Balaban J connectivity index is 0.000000445. The molecule has 4 N–H and O–H groups in total. The van der Waals surface area contributed by atoms with Crippen LogP contribution in [0.5, 0.6) is 11.5 Å². The first kappa shape index (κ1) is 28.7. The van der Waals surface area contributed by atoms with Gasteiger partial charge in [0.25, 0.3) is 0 Å². The van der Waals surface area contributed by atoms with E-state index in [9.17, 15) is 4.79 Å². The van der Waals surface area contributed by atoms with Gasteiger partial charge in [0, 0.05) is 19.3 Å². The maximum absolute atomic E-state index is 13.2. The minimum absolute atomic E-state index is 0. The zero-order valence-corrected chi connectivity index (χ0v) is 22.1. The molecule has 6 rings (SSSR count). The van der Waals surface area contributed by atoms with Crippen LogP contribution in [0.2, 0.25) is 0 Å². The van der Waals surface area contributed by atoms with Gasteiger partial charge >= 0.3 is 0 Å². The summed E-state index contributed by atoms with van der Waals surface area (Å²) in [4.78, 5) is 14.1. The molecule has 0 aromatic heterocycles. The average Bonchev–Trinajstić information content (AvgIpc) is 3.28. The van der Waals surface area contributed by atoms with Crippen LogP contribution in [-0.4, -0.2) is 36.2 Å². The van der Waals surface area contributed by atoms with Crippen LogP contribution in [0.4, 0.5) is 0 Å². The molecule has 2 fully saturated rings. The Hall–Kier alpha value is -2.84. The lowest BCUT2D eigenvalue weighted by atomic mass is 9.87. The molecule has 0 spiro atoms. The van der Waals surface area contributed by atoms with E-state index in [1.54, 1.807) is 0 Å². The third kappa shape index (κ3) is 6.54. The topological polar surface area (TPSA) is 108 Å². The molecular formula is C30H38O6S. The second kappa shape index (κ2) is 12.6. The maximum atomic E-state index is 13.2. The lowest BCUT2D eigenvalue weighted by Gasteiger charge is -2.15. The molecule has 1 aliphatic carbocycles. The Kier molecular flexibility index (Phi) is 9.79. The number of carbonyl (C=O) groups excluding carboxylic acids is 1. The Morgan fingerprint density at radius 3 is 2.38 bits per heavy atom. The average molecular weight is 527 g/mol. The first-order valence-corrected chi connectivity index (χ1v) is 13.0. The van der Waals surface area contributed by atoms with Gasteiger partial charge in [0.15, 0.2) is 11.5 Å². The summed E-state index contributed by atoms with van der Waals surface area (Å²) >= 11 is 4.35. The van der Waals surface area contributed by atoms with Gasteiger partial charge < -0.3 is 25.2 Å². The number of Topliss-reactive ketones (excluding diaryl/α,β-unsaturated/α-hetero) is 1. The van der Waals surface area contributed by atoms with E-state index in [4.69, 9.17) is 14.2 Å². The molecule has 0 amide bonds. The zero-order valence-electron chi connectivity index (χ0n) is 21.2. The summed E-state index contributed by atoms with van der Waals surface area (Å²) in [6.07, 6.45) is 6.59. The van der Waals surface area contributed by atoms with Gasteiger partial charge in [-0.15, -0.1) is 12.6 Å². The highest BCUT2D eigenvalue weighted by Gasteiger charge is 2.50. The van der Waals surface area contributed by atoms with Crippen molar-refractivity contribution in [3.8, 4) is 22.6 Å². The van der Waals surface area contributed by atoms with E-state index < -0.39 is 0 Å². The smallest absolute Gasteiger partial charge is 0.231 e. The highest BCUT2D eigenvalue weighted by Crippen LogP contribution is 2.51. The summed E-state index contributed by atoms with van der Waals surface area (Å²) in [6, 6.07) is 22.2. The number of carbonyl (C=O) groups is 1. The van der Waals surface area contributed by atoms with Crippen LogP contribution in [0.15, 0.2) is 71.6 Å². The zero-order chi connectivity index (χ0) is 24.3. The fourth-order valence-electron chi connectivity index (χ4n) is 4.88. The Morgan fingerprint density at radius 1 is 0.973 bits per heavy atom. The van der Waals surface area contributed by atoms with Gasteiger partial charge in [0.1, 0.15) is 5.78 Å². The van der Waals surface area contributed by atoms with Crippen molar-refractivity contribution >= 4 is 18.4 Å². The number of ketones is 1. The molecule has 1 unspecified atom stereocenters. The molecule has 7 heteroatoms. The minimum atomic E-state index is -0.370. The molecule has 3 aromatic carbocycles. The van der Waals surface area contributed by atoms with Crippen LogP contribution in [-0.2, 0) is 21.4 Å². The standard InChI is InChI=1S/C24H20O3S.C6H12O.2H2O.H2/c25-23(24(10-11-24)19-6-9-21-22(14-19)27-15-26-21)13-16-2-1-3-18(12-16)17-4-7-20(28)8-5-17;1-2-6-4-3-5-7-6;;;/h1-9,12,14,28H,10-11,13,15H2;6H,2-5H2,1H3;2*1H2;1H. The van der Waals surface area contributed by atoms with E-state index in [2.05, 4.69) is 43.8 Å². The van der Waals surface area contributed by atoms with Crippen LogP contribution in [0, 0.1) is 0 Å². The van der Waals surface area contributed by atoms with Gasteiger partial charge in [-0.1, -0.05) is 49.4 Å². The SMILES string of the molecule is CCC1CCCO1.O.O.O=C(Cc1cccc(-c2ccc(S)cc2)c1)C1(c2ccc3c(c2)OCO3)CC1.[HH]. The molecule has 2 aliphatic heterocycles. The molecule has 1 atom stereocenters. The summed E-state index contributed by atoms with van der Waals surface area (Å²) in [6.45, 7) is 3.43. The fraction of sp³-hybridized carbons (Fsp3) is 0.367. The van der Waals surface area contributed by atoms with E-state index in [0.29, 0.717) is 12.5 Å². The molecule has 3 aliphatic rings. The van der Waals surface area contributed by atoms with Gasteiger partial charge in [0.2, 0.25) is 6.79 Å². The quantitative estimate of drug-likeness (QED) is 0.435. The molecule has 37 heavy (non-hydrogen) atoms. The summed E-state index contributed by atoms with van der Waals surface area (Å²) in [7, 11) is 0. The number of thiol groups is 1. The first-order valence-electron chi connectivity index (χ1n) is 12.5.